The number of thioether (sulfide) groups is 1. The third-order valence-electron chi connectivity index (χ3n) is 4.15. The molecule has 2 aromatic carbocycles. The normalized spacial score (nSPS) is 10.9. The summed E-state index contributed by atoms with van der Waals surface area (Å²) >= 11 is 2.27. The van der Waals surface area contributed by atoms with Crippen LogP contribution in [0.25, 0.3) is 11.1 Å². The molecule has 0 amide bonds. The van der Waals surface area contributed by atoms with E-state index in [1.54, 1.807) is 0 Å². The number of hydrogen-bond acceptors (Lipinski definition) is 6. The molecule has 0 aliphatic rings. The van der Waals surface area contributed by atoms with Gasteiger partial charge in [0, 0.05) is 32.8 Å². The SMILES string of the molecule is Cc1ccc(-c2csc(NOCCSc3cc(F)ccc3N)c2C(=O)O)c(F)c1F. The molecule has 30 heavy (non-hydrogen) atoms. The molecular formula is C20H17F3N2O3S2. The van der Waals surface area contributed by atoms with Crippen LogP contribution in [0.1, 0.15) is 15.9 Å². The topological polar surface area (TPSA) is 84.6 Å². The number of carboxylic acids is 1. The van der Waals surface area contributed by atoms with E-state index in [0.29, 0.717) is 16.3 Å². The highest BCUT2D eigenvalue weighted by Gasteiger charge is 2.23. The second-order valence-electron chi connectivity index (χ2n) is 6.20. The largest absolute Gasteiger partial charge is 0.478 e. The lowest BCUT2D eigenvalue weighted by Crippen LogP contribution is -2.08. The van der Waals surface area contributed by atoms with E-state index in [2.05, 4.69) is 5.48 Å². The number of halogens is 3. The van der Waals surface area contributed by atoms with Crippen molar-refractivity contribution in [1.82, 2.24) is 0 Å². The number of carbonyl (C=O) groups is 1. The number of rotatable bonds is 8. The number of hydrogen-bond donors (Lipinski definition) is 3. The molecule has 4 N–H and O–H groups in total. The zero-order valence-electron chi connectivity index (χ0n) is 15.7. The molecule has 3 rings (SSSR count). The molecule has 5 nitrogen and oxygen atoms in total. The van der Waals surface area contributed by atoms with Crippen molar-refractivity contribution in [2.75, 3.05) is 23.6 Å². The second kappa shape index (κ2) is 9.41. The summed E-state index contributed by atoms with van der Waals surface area (Å²) in [7, 11) is 0. The van der Waals surface area contributed by atoms with E-state index >= 15 is 0 Å². The van der Waals surface area contributed by atoms with E-state index in [1.165, 1.54) is 54.4 Å². The first-order chi connectivity index (χ1) is 14.3. The van der Waals surface area contributed by atoms with E-state index in [1.807, 2.05) is 0 Å². The maximum atomic E-state index is 14.3. The molecule has 0 bridgehead atoms. The smallest absolute Gasteiger partial charge is 0.339 e. The summed E-state index contributed by atoms with van der Waals surface area (Å²) < 4.78 is 41.5. The van der Waals surface area contributed by atoms with Crippen LogP contribution in [0.2, 0.25) is 0 Å². The van der Waals surface area contributed by atoms with Crippen molar-refractivity contribution < 1.29 is 27.9 Å². The minimum Gasteiger partial charge on any atom is -0.478 e. The van der Waals surface area contributed by atoms with Crippen LogP contribution in [0.4, 0.5) is 23.9 Å². The summed E-state index contributed by atoms with van der Waals surface area (Å²) in [6.07, 6.45) is 0. The van der Waals surface area contributed by atoms with E-state index in [4.69, 9.17) is 10.6 Å². The molecule has 0 fully saturated rings. The Hall–Kier alpha value is -2.69. The summed E-state index contributed by atoms with van der Waals surface area (Å²) in [6, 6.07) is 6.78. The maximum absolute atomic E-state index is 14.3. The Balaban J connectivity index is 1.68. The molecule has 0 radical (unpaired) electrons. The van der Waals surface area contributed by atoms with Crippen molar-refractivity contribution in [1.29, 1.82) is 0 Å². The number of benzene rings is 2. The van der Waals surface area contributed by atoms with E-state index in [9.17, 15) is 23.1 Å². The highest BCUT2D eigenvalue weighted by atomic mass is 32.2. The van der Waals surface area contributed by atoms with Gasteiger partial charge in [-0.15, -0.1) is 23.1 Å². The van der Waals surface area contributed by atoms with Crippen LogP contribution in [-0.2, 0) is 4.84 Å². The average Bonchev–Trinajstić information content (AvgIpc) is 3.12. The van der Waals surface area contributed by atoms with Crippen LogP contribution >= 0.6 is 23.1 Å². The maximum Gasteiger partial charge on any atom is 0.339 e. The fraction of sp³-hybridized carbons (Fsp3) is 0.150. The molecule has 0 aliphatic carbocycles. The van der Waals surface area contributed by atoms with Gasteiger partial charge in [-0.3, -0.25) is 10.3 Å². The van der Waals surface area contributed by atoms with Gasteiger partial charge in [-0.1, -0.05) is 12.1 Å². The third-order valence-corrected chi connectivity index (χ3v) is 6.07. The molecule has 0 spiro atoms. The van der Waals surface area contributed by atoms with Gasteiger partial charge in [0.05, 0.1) is 6.61 Å². The van der Waals surface area contributed by atoms with Crippen molar-refractivity contribution in [2.24, 2.45) is 0 Å². The fourth-order valence-electron chi connectivity index (χ4n) is 2.64. The summed E-state index contributed by atoms with van der Waals surface area (Å²) in [5, 5.41) is 11.1. The number of carboxylic acid groups (broad SMARTS) is 1. The van der Waals surface area contributed by atoms with Crippen molar-refractivity contribution in [3.05, 3.63) is 64.3 Å². The fourth-order valence-corrected chi connectivity index (χ4v) is 4.36. The minimum atomic E-state index is -1.31. The Morgan fingerprint density at radius 1 is 1.20 bits per heavy atom. The van der Waals surface area contributed by atoms with E-state index < -0.39 is 23.4 Å². The van der Waals surface area contributed by atoms with Gasteiger partial charge in [0.2, 0.25) is 0 Å². The first-order valence-corrected chi connectivity index (χ1v) is 10.5. The quantitative estimate of drug-likeness (QED) is 0.179. The molecule has 0 saturated carbocycles. The average molecular weight is 454 g/mol. The van der Waals surface area contributed by atoms with Gasteiger partial charge in [-0.05, 0) is 30.7 Å². The predicted octanol–water partition coefficient (Wildman–Crippen LogP) is 5.56. The Morgan fingerprint density at radius 2 is 1.97 bits per heavy atom. The minimum absolute atomic E-state index is 0.0527. The van der Waals surface area contributed by atoms with Crippen LogP contribution in [0.15, 0.2) is 40.6 Å². The Kier molecular flexibility index (Phi) is 6.91. The predicted molar refractivity (Wildman–Crippen MR) is 112 cm³/mol. The van der Waals surface area contributed by atoms with Gasteiger partial charge in [0.1, 0.15) is 16.4 Å². The number of nitrogens with one attached hydrogen (secondary N) is 1. The van der Waals surface area contributed by atoms with Crippen molar-refractivity contribution in [3.63, 3.8) is 0 Å². The number of thiophene rings is 1. The van der Waals surface area contributed by atoms with Gasteiger partial charge in [-0.25, -0.2) is 18.0 Å². The van der Waals surface area contributed by atoms with Crippen molar-refractivity contribution in [2.45, 2.75) is 11.8 Å². The Labute approximate surface area is 178 Å². The van der Waals surface area contributed by atoms with Gasteiger partial charge < -0.3 is 10.8 Å². The summed E-state index contributed by atoms with van der Waals surface area (Å²) in [4.78, 5) is 17.6. The summed E-state index contributed by atoms with van der Waals surface area (Å²) in [6.45, 7) is 1.57. The standard InChI is InChI=1S/C20H17F3N2O3S2/c1-10-2-4-12(18(23)17(10)22)13-9-30-19(16(13)20(26)27)25-28-6-7-29-15-8-11(21)3-5-14(15)24/h2-5,8-9,25H,6-7,24H2,1H3,(H,26,27). The van der Waals surface area contributed by atoms with Crippen LogP contribution in [0, 0.1) is 24.4 Å². The number of nitrogen functional groups attached to an aromatic ring is 1. The summed E-state index contributed by atoms with van der Waals surface area (Å²) in [5.41, 5.74) is 8.58. The number of nitrogens with two attached hydrogens (primary N) is 1. The summed E-state index contributed by atoms with van der Waals surface area (Å²) in [5.74, 6) is -3.41. The Bertz CT molecular complexity index is 1090. The van der Waals surface area contributed by atoms with E-state index in [-0.39, 0.29) is 33.9 Å². The lowest BCUT2D eigenvalue weighted by Gasteiger charge is -2.09. The van der Waals surface area contributed by atoms with Gasteiger partial charge in [-0.2, -0.15) is 0 Å². The number of anilines is 2. The molecular weight excluding hydrogens is 437 g/mol. The zero-order chi connectivity index (χ0) is 21.8. The molecule has 0 unspecified atom stereocenters. The monoisotopic (exact) mass is 454 g/mol. The van der Waals surface area contributed by atoms with Crippen LogP contribution < -0.4 is 11.2 Å². The highest BCUT2D eigenvalue weighted by molar-refractivity contribution is 7.99. The molecule has 3 aromatic rings. The highest BCUT2D eigenvalue weighted by Crippen LogP contribution is 2.37. The zero-order valence-corrected chi connectivity index (χ0v) is 17.3. The van der Waals surface area contributed by atoms with Gasteiger partial charge in [0.25, 0.3) is 0 Å². The van der Waals surface area contributed by atoms with Crippen molar-refractivity contribution >= 4 is 39.8 Å². The first kappa shape index (κ1) is 22.0. The first-order valence-electron chi connectivity index (χ1n) is 8.65. The number of aromatic carboxylic acids is 1. The van der Waals surface area contributed by atoms with Crippen LogP contribution in [-0.4, -0.2) is 23.4 Å². The molecule has 10 heteroatoms. The number of aryl methyl sites for hydroxylation is 1. The molecule has 0 atom stereocenters. The lowest BCUT2D eigenvalue weighted by molar-refractivity contribution is 0.0698. The third kappa shape index (κ3) is 4.72. The Morgan fingerprint density at radius 3 is 2.70 bits per heavy atom. The molecule has 1 heterocycles. The van der Waals surface area contributed by atoms with Gasteiger partial charge in [0.15, 0.2) is 11.6 Å². The second-order valence-corrected chi connectivity index (χ2v) is 8.21. The molecule has 0 aliphatic heterocycles. The van der Waals surface area contributed by atoms with Crippen molar-refractivity contribution in [3.8, 4) is 11.1 Å². The molecule has 1 aromatic heterocycles. The van der Waals surface area contributed by atoms with Crippen LogP contribution in [0.5, 0.6) is 0 Å². The lowest BCUT2D eigenvalue weighted by atomic mass is 10.0. The van der Waals surface area contributed by atoms with Gasteiger partial charge >= 0.3 is 5.97 Å². The molecule has 158 valence electrons. The van der Waals surface area contributed by atoms with Crippen LogP contribution in [0.3, 0.4) is 0 Å². The molecule has 0 saturated heterocycles. The van der Waals surface area contributed by atoms with E-state index in [0.717, 1.165) is 11.3 Å².